The molecule has 4 nitrogen and oxygen atoms in total. The van der Waals surface area contributed by atoms with Crippen LogP contribution in [-0.2, 0) is 11.3 Å². The lowest BCUT2D eigenvalue weighted by molar-refractivity contribution is -0.301. The van der Waals surface area contributed by atoms with Crippen molar-refractivity contribution in [1.82, 2.24) is 9.55 Å². The van der Waals surface area contributed by atoms with Crippen molar-refractivity contribution in [2.75, 3.05) is 5.75 Å². The predicted octanol–water partition coefficient (Wildman–Crippen LogP) is 1.68. The van der Waals surface area contributed by atoms with E-state index in [0.29, 0.717) is 0 Å². The number of carbonyl (C=O) groups excluding carboxylic acids is 1. The van der Waals surface area contributed by atoms with Gasteiger partial charge in [0.15, 0.2) is 5.16 Å². The average Bonchev–Trinajstić information content (AvgIpc) is 2.71. The summed E-state index contributed by atoms with van der Waals surface area (Å²) in [5.41, 5.74) is 1.97. The number of fused-ring (bicyclic) bond motifs is 1. The summed E-state index contributed by atoms with van der Waals surface area (Å²) in [6, 6.07) is 7.87. The van der Waals surface area contributed by atoms with E-state index in [2.05, 4.69) is 16.5 Å². The molecule has 0 fully saturated rings. The minimum atomic E-state index is -1.06. The molecule has 2 aromatic rings. The number of hydrogen-bond acceptors (Lipinski definition) is 4. The van der Waals surface area contributed by atoms with E-state index >= 15 is 0 Å². The molecule has 0 N–H and O–H groups in total. The fraction of sp³-hybridized carbons (Fsp3) is 0.385. The molecule has 0 radical (unpaired) electrons. The number of para-hydroxylation sites is 2. The number of thioether (sulfide) groups is 1. The van der Waals surface area contributed by atoms with Gasteiger partial charge in [0, 0.05) is 12.3 Å². The summed E-state index contributed by atoms with van der Waals surface area (Å²) in [5, 5.41) is 11.3. The Morgan fingerprint density at radius 3 is 2.94 bits per heavy atom. The van der Waals surface area contributed by atoms with E-state index in [1.165, 1.54) is 11.8 Å². The van der Waals surface area contributed by atoms with Crippen LogP contribution in [-0.4, -0.2) is 21.3 Å². The maximum atomic E-state index is 10.5. The van der Waals surface area contributed by atoms with Crippen molar-refractivity contribution in [3.05, 3.63) is 24.3 Å². The van der Waals surface area contributed by atoms with Crippen molar-refractivity contribution in [3.8, 4) is 0 Å². The van der Waals surface area contributed by atoms with Crippen LogP contribution in [0.2, 0.25) is 0 Å². The molecule has 0 atom stereocenters. The van der Waals surface area contributed by atoms with Crippen LogP contribution in [0.15, 0.2) is 29.4 Å². The Labute approximate surface area is 110 Å². The topological polar surface area (TPSA) is 58.0 Å². The lowest BCUT2D eigenvalue weighted by atomic mass is 10.3. The van der Waals surface area contributed by atoms with Crippen LogP contribution in [0, 0.1) is 0 Å². The van der Waals surface area contributed by atoms with Gasteiger partial charge in [0.05, 0.1) is 17.0 Å². The largest absolute Gasteiger partial charge is 0.549 e. The number of benzene rings is 1. The van der Waals surface area contributed by atoms with Gasteiger partial charge in [-0.05, 0) is 18.6 Å². The van der Waals surface area contributed by atoms with Crippen molar-refractivity contribution in [2.24, 2.45) is 0 Å². The number of nitrogens with zero attached hydrogens (tertiary/aromatic N) is 2. The fourth-order valence-corrected chi connectivity index (χ4v) is 2.57. The number of carboxylic acid groups (broad SMARTS) is 1. The molecule has 0 aliphatic heterocycles. The normalized spacial score (nSPS) is 10.9. The zero-order valence-electron chi connectivity index (χ0n) is 10.3. The highest BCUT2D eigenvalue weighted by atomic mass is 32.2. The minimum absolute atomic E-state index is 0.0601. The van der Waals surface area contributed by atoms with E-state index in [0.717, 1.165) is 35.6 Å². The molecule has 0 aliphatic carbocycles. The highest BCUT2D eigenvalue weighted by molar-refractivity contribution is 7.99. The summed E-state index contributed by atoms with van der Waals surface area (Å²) in [7, 11) is 0. The summed E-state index contributed by atoms with van der Waals surface area (Å²) < 4.78 is 2.09. The maximum Gasteiger partial charge on any atom is 0.169 e. The van der Waals surface area contributed by atoms with Crippen LogP contribution in [0.1, 0.15) is 19.8 Å². The molecule has 1 aromatic heterocycles. The number of carboxylic acids is 1. The third-order valence-electron chi connectivity index (χ3n) is 2.67. The van der Waals surface area contributed by atoms with Gasteiger partial charge in [-0.3, -0.25) is 0 Å². The Balaban J connectivity index is 2.33. The van der Waals surface area contributed by atoms with Crippen molar-refractivity contribution < 1.29 is 9.90 Å². The van der Waals surface area contributed by atoms with Gasteiger partial charge in [-0.2, -0.15) is 0 Å². The molecule has 5 heteroatoms. The number of imidazole rings is 1. The van der Waals surface area contributed by atoms with Crippen LogP contribution in [0.4, 0.5) is 0 Å². The Bertz CT molecular complexity index is 551. The molecular formula is C13H15N2O2S-. The van der Waals surface area contributed by atoms with Crippen LogP contribution in [0.25, 0.3) is 11.0 Å². The van der Waals surface area contributed by atoms with Gasteiger partial charge in [0.2, 0.25) is 0 Å². The Morgan fingerprint density at radius 1 is 1.44 bits per heavy atom. The number of hydrogen-bond donors (Lipinski definition) is 0. The molecule has 0 saturated heterocycles. The van der Waals surface area contributed by atoms with E-state index in [1.807, 2.05) is 24.3 Å². The predicted molar refractivity (Wildman–Crippen MR) is 70.4 cm³/mol. The quantitative estimate of drug-likeness (QED) is 0.744. The molecule has 2 rings (SSSR count). The second kappa shape index (κ2) is 5.91. The summed E-state index contributed by atoms with van der Waals surface area (Å²) in [4.78, 5) is 15.0. The summed E-state index contributed by atoms with van der Waals surface area (Å²) >= 11 is 1.22. The van der Waals surface area contributed by atoms with Gasteiger partial charge in [0.25, 0.3) is 0 Å². The van der Waals surface area contributed by atoms with Gasteiger partial charge in [-0.15, -0.1) is 0 Å². The van der Waals surface area contributed by atoms with Crippen LogP contribution in [0.3, 0.4) is 0 Å². The fourth-order valence-electron chi connectivity index (χ4n) is 1.82. The van der Waals surface area contributed by atoms with Crippen molar-refractivity contribution in [3.63, 3.8) is 0 Å². The zero-order valence-corrected chi connectivity index (χ0v) is 11.1. The highest BCUT2D eigenvalue weighted by Gasteiger charge is 2.10. The third kappa shape index (κ3) is 2.85. The first kappa shape index (κ1) is 13.0. The second-order valence-corrected chi connectivity index (χ2v) is 4.99. The van der Waals surface area contributed by atoms with Gasteiger partial charge >= 0.3 is 0 Å². The van der Waals surface area contributed by atoms with Crippen molar-refractivity contribution in [2.45, 2.75) is 31.5 Å². The number of unbranched alkanes of at least 4 members (excludes halogenated alkanes) is 1. The number of carbonyl (C=O) groups is 1. The molecular weight excluding hydrogens is 248 g/mol. The lowest BCUT2D eigenvalue weighted by Crippen LogP contribution is -2.24. The first-order valence-corrected chi connectivity index (χ1v) is 6.99. The molecule has 0 aliphatic rings. The number of aromatic nitrogens is 2. The van der Waals surface area contributed by atoms with E-state index in [4.69, 9.17) is 0 Å². The van der Waals surface area contributed by atoms with E-state index < -0.39 is 5.97 Å². The minimum Gasteiger partial charge on any atom is -0.549 e. The number of aliphatic carboxylic acids is 1. The Kier molecular flexibility index (Phi) is 4.25. The molecule has 96 valence electrons. The SMILES string of the molecule is CCCCn1c(SCC(=O)[O-])nc2ccccc21. The van der Waals surface area contributed by atoms with Crippen molar-refractivity contribution >= 4 is 28.8 Å². The van der Waals surface area contributed by atoms with Crippen LogP contribution in [0.5, 0.6) is 0 Å². The smallest absolute Gasteiger partial charge is 0.169 e. The lowest BCUT2D eigenvalue weighted by Gasteiger charge is -2.08. The molecule has 18 heavy (non-hydrogen) atoms. The van der Waals surface area contributed by atoms with E-state index in [9.17, 15) is 9.90 Å². The maximum absolute atomic E-state index is 10.5. The third-order valence-corrected chi connectivity index (χ3v) is 3.62. The Hall–Kier alpha value is -1.49. The molecule has 0 amide bonds. The molecule has 1 aromatic carbocycles. The highest BCUT2D eigenvalue weighted by Crippen LogP contribution is 2.24. The summed E-state index contributed by atoms with van der Waals surface area (Å²) in [6.07, 6.45) is 2.15. The summed E-state index contributed by atoms with van der Waals surface area (Å²) in [5.74, 6) is -1.12. The van der Waals surface area contributed by atoms with Crippen LogP contribution >= 0.6 is 11.8 Å². The molecule has 0 saturated carbocycles. The van der Waals surface area contributed by atoms with Crippen LogP contribution < -0.4 is 5.11 Å². The van der Waals surface area contributed by atoms with E-state index in [1.54, 1.807) is 0 Å². The average molecular weight is 263 g/mol. The van der Waals surface area contributed by atoms with Gasteiger partial charge < -0.3 is 14.5 Å². The van der Waals surface area contributed by atoms with E-state index in [-0.39, 0.29) is 5.75 Å². The van der Waals surface area contributed by atoms with Gasteiger partial charge in [-0.25, -0.2) is 4.98 Å². The second-order valence-electron chi connectivity index (χ2n) is 4.05. The van der Waals surface area contributed by atoms with Crippen molar-refractivity contribution in [1.29, 1.82) is 0 Å². The van der Waals surface area contributed by atoms with Gasteiger partial charge in [0.1, 0.15) is 0 Å². The molecule has 0 unspecified atom stereocenters. The zero-order chi connectivity index (χ0) is 13.0. The first-order valence-electron chi connectivity index (χ1n) is 6.00. The van der Waals surface area contributed by atoms with Gasteiger partial charge in [-0.1, -0.05) is 37.2 Å². The summed E-state index contributed by atoms with van der Waals surface area (Å²) in [6.45, 7) is 3.00. The standard InChI is InChI=1S/C13H16N2O2S/c1-2-3-8-15-11-7-5-4-6-10(11)14-13(15)18-9-12(16)17/h4-7H,2-3,8-9H2,1H3,(H,16,17)/p-1. The first-order chi connectivity index (χ1) is 8.72. The molecule has 0 bridgehead atoms. The number of aryl methyl sites for hydroxylation is 1. The Morgan fingerprint density at radius 2 is 2.22 bits per heavy atom. The molecule has 0 spiro atoms. The monoisotopic (exact) mass is 263 g/mol. The molecule has 1 heterocycles. The number of rotatable bonds is 6.